The molecular weight excluding hydrogens is 228 g/mol. The molecule has 0 saturated heterocycles. The van der Waals surface area contributed by atoms with Gasteiger partial charge in [0.1, 0.15) is 0 Å². The van der Waals surface area contributed by atoms with Crippen LogP contribution in [0.3, 0.4) is 0 Å². The van der Waals surface area contributed by atoms with Crippen molar-refractivity contribution in [2.45, 2.75) is 19.9 Å². The van der Waals surface area contributed by atoms with Gasteiger partial charge in [0.05, 0.1) is 12.3 Å². The predicted molar refractivity (Wildman–Crippen MR) is 62.1 cm³/mol. The van der Waals surface area contributed by atoms with Gasteiger partial charge in [-0.25, -0.2) is 4.79 Å². The maximum atomic E-state index is 11.2. The summed E-state index contributed by atoms with van der Waals surface area (Å²) in [5.41, 5.74) is 0.614. The SMILES string of the molecule is CCOC(=O)C(C)N=Nc1cccc(Cl)c1. The largest absolute Gasteiger partial charge is 0.464 e. The minimum Gasteiger partial charge on any atom is -0.464 e. The molecule has 0 aromatic heterocycles. The highest BCUT2D eigenvalue weighted by Gasteiger charge is 2.11. The molecule has 16 heavy (non-hydrogen) atoms. The molecule has 0 radical (unpaired) electrons. The Hall–Kier alpha value is -1.42. The summed E-state index contributed by atoms with van der Waals surface area (Å²) in [5, 5.41) is 8.34. The van der Waals surface area contributed by atoms with Crippen molar-refractivity contribution in [3.05, 3.63) is 29.3 Å². The van der Waals surface area contributed by atoms with E-state index < -0.39 is 6.04 Å². The molecule has 86 valence electrons. The number of halogens is 1. The van der Waals surface area contributed by atoms with E-state index in [0.717, 1.165) is 0 Å². The molecule has 1 unspecified atom stereocenters. The molecule has 5 heteroatoms. The average molecular weight is 241 g/mol. The second kappa shape index (κ2) is 6.23. The lowest BCUT2D eigenvalue weighted by molar-refractivity contribution is -0.144. The first-order valence-electron chi connectivity index (χ1n) is 4.96. The number of hydrogen-bond acceptors (Lipinski definition) is 4. The Morgan fingerprint density at radius 3 is 2.94 bits per heavy atom. The van der Waals surface area contributed by atoms with Gasteiger partial charge >= 0.3 is 5.97 Å². The van der Waals surface area contributed by atoms with E-state index in [1.54, 1.807) is 38.1 Å². The van der Waals surface area contributed by atoms with Gasteiger partial charge in [-0.1, -0.05) is 17.7 Å². The van der Waals surface area contributed by atoms with Gasteiger partial charge in [0.2, 0.25) is 0 Å². The molecule has 4 nitrogen and oxygen atoms in total. The van der Waals surface area contributed by atoms with E-state index in [1.165, 1.54) is 0 Å². The molecule has 0 fully saturated rings. The van der Waals surface area contributed by atoms with Crippen LogP contribution < -0.4 is 0 Å². The molecule has 1 aromatic rings. The van der Waals surface area contributed by atoms with Crippen LogP contribution in [-0.4, -0.2) is 18.6 Å². The molecule has 0 N–H and O–H groups in total. The normalized spacial score (nSPS) is 12.7. The maximum absolute atomic E-state index is 11.2. The highest BCUT2D eigenvalue weighted by molar-refractivity contribution is 6.30. The molecule has 1 aromatic carbocycles. The number of carbonyl (C=O) groups is 1. The summed E-state index contributed by atoms with van der Waals surface area (Å²) >= 11 is 5.78. The lowest BCUT2D eigenvalue weighted by atomic mass is 10.3. The van der Waals surface area contributed by atoms with Crippen molar-refractivity contribution < 1.29 is 9.53 Å². The van der Waals surface area contributed by atoms with Crippen LogP contribution in [0.15, 0.2) is 34.5 Å². The number of carbonyl (C=O) groups excluding carboxylic acids is 1. The summed E-state index contributed by atoms with van der Waals surface area (Å²) < 4.78 is 4.80. The van der Waals surface area contributed by atoms with Crippen molar-refractivity contribution in [1.82, 2.24) is 0 Å². The zero-order valence-corrected chi connectivity index (χ0v) is 9.94. The minimum absolute atomic E-state index is 0.343. The van der Waals surface area contributed by atoms with E-state index in [1.807, 2.05) is 0 Å². The van der Waals surface area contributed by atoms with E-state index in [9.17, 15) is 4.79 Å². The van der Waals surface area contributed by atoms with Crippen molar-refractivity contribution in [1.29, 1.82) is 0 Å². The first kappa shape index (κ1) is 12.6. The molecule has 0 aliphatic heterocycles. The van der Waals surface area contributed by atoms with E-state index in [0.29, 0.717) is 17.3 Å². The number of rotatable bonds is 4. The maximum Gasteiger partial charge on any atom is 0.332 e. The van der Waals surface area contributed by atoms with Gasteiger partial charge in [-0.05, 0) is 32.0 Å². The quantitative estimate of drug-likeness (QED) is 0.598. The fraction of sp³-hybridized carbons (Fsp3) is 0.364. The Balaban J connectivity index is 2.63. The molecule has 0 saturated carbocycles. The lowest BCUT2D eigenvalue weighted by Crippen LogP contribution is -2.17. The summed E-state index contributed by atoms with van der Waals surface area (Å²) in [5.74, 6) is -0.381. The molecule has 1 atom stereocenters. The zero-order valence-electron chi connectivity index (χ0n) is 9.18. The second-order valence-corrected chi connectivity index (χ2v) is 3.56. The third kappa shape index (κ3) is 3.98. The number of nitrogens with zero attached hydrogens (tertiary/aromatic N) is 2. The lowest BCUT2D eigenvalue weighted by Gasteiger charge is -2.03. The summed E-state index contributed by atoms with van der Waals surface area (Å²) in [6.07, 6.45) is 0. The van der Waals surface area contributed by atoms with Crippen molar-refractivity contribution >= 4 is 23.3 Å². The Morgan fingerprint density at radius 2 is 2.31 bits per heavy atom. The van der Waals surface area contributed by atoms with Gasteiger partial charge in [0, 0.05) is 5.02 Å². The Labute approximate surface area is 99.3 Å². The standard InChI is InChI=1S/C11H13ClN2O2/c1-3-16-11(15)8(2)13-14-10-6-4-5-9(12)7-10/h4-8H,3H2,1-2H3. The van der Waals surface area contributed by atoms with Crippen LogP contribution in [0.4, 0.5) is 5.69 Å². The monoisotopic (exact) mass is 240 g/mol. The average Bonchev–Trinajstić information content (AvgIpc) is 2.26. The summed E-state index contributed by atoms with van der Waals surface area (Å²) in [6, 6.07) is 6.34. The molecule has 0 aliphatic carbocycles. The fourth-order valence-corrected chi connectivity index (χ4v) is 1.19. The van der Waals surface area contributed by atoms with Gasteiger partial charge < -0.3 is 4.74 Å². The highest BCUT2D eigenvalue weighted by atomic mass is 35.5. The first-order valence-corrected chi connectivity index (χ1v) is 5.34. The van der Waals surface area contributed by atoms with Gasteiger partial charge in [-0.15, -0.1) is 0 Å². The fourth-order valence-electron chi connectivity index (χ4n) is 1.00. The van der Waals surface area contributed by atoms with Crippen LogP contribution >= 0.6 is 11.6 Å². The summed E-state index contributed by atoms with van der Waals surface area (Å²) in [6.45, 7) is 3.72. The smallest absolute Gasteiger partial charge is 0.332 e. The van der Waals surface area contributed by atoms with Gasteiger partial charge in [-0.2, -0.15) is 10.2 Å². The molecule has 1 rings (SSSR count). The molecule has 0 bridgehead atoms. The van der Waals surface area contributed by atoms with Crippen molar-refractivity contribution in [3.8, 4) is 0 Å². The van der Waals surface area contributed by atoms with Crippen LogP contribution in [-0.2, 0) is 9.53 Å². The third-order valence-corrected chi connectivity index (χ3v) is 2.02. The summed E-state index contributed by atoms with van der Waals surface area (Å²) in [4.78, 5) is 11.2. The van der Waals surface area contributed by atoms with E-state index in [4.69, 9.17) is 16.3 Å². The van der Waals surface area contributed by atoms with Crippen LogP contribution in [0, 0.1) is 0 Å². The predicted octanol–water partition coefficient (Wildman–Crippen LogP) is 3.38. The molecular formula is C11H13ClN2O2. The number of hydrogen-bond donors (Lipinski definition) is 0. The Bertz CT molecular complexity index is 393. The third-order valence-electron chi connectivity index (χ3n) is 1.78. The molecule has 0 amide bonds. The van der Waals surface area contributed by atoms with Gasteiger partial charge in [0.25, 0.3) is 0 Å². The van der Waals surface area contributed by atoms with Crippen molar-refractivity contribution in [2.75, 3.05) is 6.61 Å². The van der Waals surface area contributed by atoms with E-state index >= 15 is 0 Å². The number of esters is 1. The number of azo groups is 1. The Morgan fingerprint density at radius 1 is 1.56 bits per heavy atom. The molecule has 0 spiro atoms. The van der Waals surface area contributed by atoms with Crippen LogP contribution in [0.25, 0.3) is 0 Å². The van der Waals surface area contributed by atoms with Gasteiger partial charge in [0.15, 0.2) is 6.04 Å². The van der Waals surface area contributed by atoms with E-state index in [2.05, 4.69) is 10.2 Å². The van der Waals surface area contributed by atoms with Crippen LogP contribution in [0.5, 0.6) is 0 Å². The highest BCUT2D eigenvalue weighted by Crippen LogP contribution is 2.18. The topological polar surface area (TPSA) is 51.0 Å². The second-order valence-electron chi connectivity index (χ2n) is 3.12. The van der Waals surface area contributed by atoms with Crippen molar-refractivity contribution in [3.63, 3.8) is 0 Å². The number of ether oxygens (including phenoxy) is 1. The van der Waals surface area contributed by atoms with Crippen LogP contribution in [0.2, 0.25) is 5.02 Å². The van der Waals surface area contributed by atoms with E-state index in [-0.39, 0.29) is 5.97 Å². The minimum atomic E-state index is -0.598. The van der Waals surface area contributed by atoms with Crippen LogP contribution in [0.1, 0.15) is 13.8 Å². The Kier molecular flexibility index (Phi) is 4.92. The first-order chi connectivity index (χ1) is 7.63. The zero-order chi connectivity index (χ0) is 12.0. The summed E-state index contributed by atoms with van der Waals surface area (Å²) in [7, 11) is 0. The molecule has 0 heterocycles. The number of benzene rings is 1. The molecule has 0 aliphatic rings. The van der Waals surface area contributed by atoms with Crippen molar-refractivity contribution in [2.24, 2.45) is 10.2 Å². The van der Waals surface area contributed by atoms with Gasteiger partial charge in [-0.3, -0.25) is 0 Å².